The summed E-state index contributed by atoms with van der Waals surface area (Å²) in [4.78, 5) is 4.72. The summed E-state index contributed by atoms with van der Waals surface area (Å²) in [5.74, 6) is 0. The van der Waals surface area contributed by atoms with Gasteiger partial charge >= 0.3 is 0 Å². The molecular formula is C73H44N2O2. The smallest absolute Gasteiger partial charge is 0.159 e. The van der Waals surface area contributed by atoms with Crippen LogP contribution in [0.15, 0.2) is 276 Å². The van der Waals surface area contributed by atoms with E-state index in [1.165, 1.54) is 76.8 Å². The van der Waals surface area contributed by atoms with E-state index in [0.29, 0.717) is 0 Å². The van der Waals surface area contributed by atoms with E-state index in [2.05, 4.69) is 265 Å². The lowest BCUT2D eigenvalue weighted by Gasteiger charge is -2.32. The first-order chi connectivity index (χ1) is 38.2. The van der Waals surface area contributed by atoms with Gasteiger partial charge in [-0.15, -0.1) is 0 Å². The van der Waals surface area contributed by atoms with Crippen molar-refractivity contribution in [2.75, 3.05) is 9.80 Å². The zero-order valence-electron chi connectivity index (χ0n) is 41.6. The fraction of sp³-hybridized carbons (Fsp3) is 0.0137. The predicted octanol–water partition coefficient (Wildman–Crippen LogP) is 20.2. The number of anilines is 6. The maximum atomic E-state index is 6.77. The van der Waals surface area contributed by atoms with E-state index in [-0.39, 0.29) is 0 Å². The number of para-hydroxylation sites is 6. The SMILES string of the molecule is c1ccc(N(c2ccc3cc4c(cc3c2)C2(c3ccccc3-c3ccccc32)c2c-4c3ccccc3c3cc(N(c4ccccc4)c4cccc5c4oc4ccccc45)ccc23)c2cccc3c2oc2ccccc23)cc1. The minimum absolute atomic E-state index is 0.635. The topological polar surface area (TPSA) is 32.8 Å². The second kappa shape index (κ2) is 15.9. The average Bonchev–Trinajstić information content (AvgIpc) is 4.29. The Morgan fingerprint density at radius 2 is 0.766 bits per heavy atom. The molecule has 1 spiro atoms. The summed E-state index contributed by atoms with van der Waals surface area (Å²) < 4.78 is 13.5. The average molecular weight is 981 g/mol. The van der Waals surface area contributed by atoms with Crippen LogP contribution in [0.2, 0.25) is 0 Å². The molecule has 0 saturated carbocycles. The van der Waals surface area contributed by atoms with Crippen molar-refractivity contribution in [2.45, 2.75) is 5.41 Å². The molecule has 4 heteroatoms. The maximum absolute atomic E-state index is 6.77. The maximum Gasteiger partial charge on any atom is 0.159 e. The van der Waals surface area contributed by atoms with Gasteiger partial charge in [0.15, 0.2) is 11.2 Å². The molecule has 2 aromatic heterocycles. The number of benzene rings is 13. The summed E-state index contributed by atoms with van der Waals surface area (Å²) in [6, 6.07) is 97.6. The highest BCUT2D eigenvalue weighted by atomic mass is 16.3. The fourth-order valence-electron chi connectivity index (χ4n) is 13.7. The Bertz CT molecular complexity index is 4910. The Morgan fingerprint density at radius 3 is 1.38 bits per heavy atom. The van der Waals surface area contributed by atoms with Gasteiger partial charge in [-0.3, -0.25) is 0 Å². The van der Waals surface area contributed by atoms with Crippen LogP contribution in [0.3, 0.4) is 0 Å². The molecule has 0 bridgehead atoms. The van der Waals surface area contributed by atoms with Crippen molar-refractivity contribution in [3.63, 3.8) is 0 Å². The number of furan rings is 2. The first-order valence-electron chi connectivity index (χ1n) is 26.5. The Hall–Kier alpha value is -10.2. The standard InChI is InChI=1S/C73H44N2O2/c1-3-19-47(20-4-1)74(65-33-17-29-58-54-26-11-15-35-67(54)76-71(58)65)49-38-37-45-42-61-64(43-46(45)41-49)73(62-31-13-9-24-52(62)53-25-10-14-32-63(53)73)70-57-40-39-50(44-60(57)51-23-7-8-28-56(51)69(61)70)75(48-21-5-2-6-22-48)66-34-18-30-59-55-27-12-16-36-68(55)77-72(59)66/h1-44H. The Balaban J connectivity index is 0.937. The molecule has 13 aromatic carbocycles. The van der Waals surface area contributed by atoms with Crippen LogP contribution in [0.1, 0.15) is 22.3 Å². The molecule has 0 fully saturated rings. The molecule has 0 saturated heterocycles. The lowest BCUT2D eigenvalue weighted by Crippen LogP contribution is -2.26. The summed E-state index contributed by atoms with van der Waals surface area (Å²) in [5.41, 5.74) is 19.4. The molecule has 2 heterocycles. The van der Waals surface area contributed by atoms with Crippen LogP contribution in [0.5, 0.6) is 0 Å². The molecule has 0 unspecified atom stereocenters. The van der Waals surface area contributed by atoms with Gasteiger partial charge in [0, 0.05) is 44.3 Å². The molecule has 15 aromatic rings. The second-order valence-electron chi connectivity index (χ2n) is 20.6. The van der Waals surface area contributed by atoms with E-state index in [1.807, 2.05) is 12.1 Å². The first-order valence-corrected chi connectivity index (χ1v) is 26.5. The Kier molecular flexibility index (Phi) is 8.73. The molecule has 0 amide bonds. The van der Waals surface area contributed by atoms with Crippen LogP contribution in [0.4, 0.5) is 34.1 Å². The van der Waals surface area contributed by atoms with Crippen molar-refractivity contribution < 1.29 is 8.83 Å². The van der Waals surface area contributed by atoms with Crippen molar-refractivity contribution >= 4 is 110 Å². The van der Waals surface area contributed by atoms with E-state index >= 15 is 0 Å². The summed E-state index contributed by atoms with van der Waals surface area (Å²) in [6.07, 6.45) is 0. The number of hydrogen-bond acceptors (Lipinski definition) is 4. The van der Waals surface area contributed by atoms with Gasteiger partial charge < -0.3 is 18.6 Å². The van der Waals surface area contributed by atoms with Crippen LogP contribution in [-0.4, -0.2) is 0 Å². The summed E-state index contributed by atoms with van der Waals surface area (Å²) >= 11 is 0. The quantitative estimate of drug-likeness (QED) is 0.155. The largest absolute Gasteiger partial charge is 0.454 e. The van der Waals surface area contributed by atoms with Crippen LogP contribution >= 0.6 is 0 Å². The van der Waals surface area contributed by atoms with Crippen molar-refractivity contribution in [2.24, 2.45) is 0 Å². The fourth-order valence-corrected chi connectivity index (χ4v) is 13.7. The predicted molar refractivity (Wildman–Crippen MR) is 319 cm³/mol. The van der Waals surface area contributed by atoms with Crippen LogP contribution in [0.25, 0.3) is 98.4 Å². The van der Waals surface area contributed by atoms with Gasteiger partial charge in [-0.05, 0) is 162 Å². The lowest BCUT2D eigenvalue weighted by molar-refractivity contribution is 0.668. The van der Waals surface area contributed by atoms with Crippen LogP contribution in [-0.2, 0) is 5.41 Å². The molecule has 0 atom stereocenters. The molecule has 4 nitrogen and oxygen atoms in total. The molecular weight excluding hydrogens is 937 g/mol. The lowest BCUT2D eigenvalue weighted by atomic mass is 9.69. The van der Waals surface area contributed by atoms with Gasteiger partial charge in [-0.25, -0.2) is 0 Å². The van der Waals surface area contributed by atoms with Crippen molar-refractivity contribution in [3.8, 4) is 22.3 Å². The first kappa shape index (κ1) is 42.2. The van der Waals surface area contributed by atoms with Gasteiger partial charge in [-0.1, -0.05) is 182 Å². The van der Waals surface area contributed by atoms with Crippen LogP contribution in [0, 0.1) is 0 Å². The third-order valence-corrected chi connectivity index (χ3v) is 16.8. The highest BCUT2D eigenvalue weighted by Gasteiger charge is 2.53. The molecule has 0 N–H and O–H groups in total. The highest BCUT2D eigenvalue weighted by molar-refractivity contribution is 6.22. The van der Waals surface area contributed by atoms with E-state index in [1.54, 1.807) is 0 Å². The van der Waals surface area contributed by atoms with E-state index < -0.39 is 5.41 Å². The zero-order chi connectivity index (χ0) is 50.3. The normalized spacial score (nSPS) is 13.0. The zero-order valence-corrected chi connectivity index (χ0v) is 41.6. The Morgan fingerprint density at radius 1 is 0.273 bits per heavy atom. The molecule has 0 aliphatic heterocycles. The number of fused-ring (bicyclic) bond motifs is 22. The second-order valence-corrected chi connectivity index (χ2v) is 20.6. The molecule has 2 aliphatic carbocycles. The molecule has 2 aliphatic rings. The van der Waals surface area contributed by atoms with Crippen molar-refractivity contribution in [1.82, 2.24) is 0 Å². The molecule has 77 heavy (non-hydrogen) atoms. The minimum atomic E-state index is -0.635. The molecule has 0 radical (unpaired) electrons. The summed E-state index contributed by atoms with van der Waals surface area (Å²) in [6.45, 7) is 0. The monoisotopic (exact) mass is 980 g/mol. The number of nitrogens with zero attached hydrogens (tertiary/aromatic N) is 2. The minimum Gasteiger partial charge on any atom is -0.454 e. The van der Waals surface area contributed by atoms with Gasteiger partial charge in [-0.2, -0.15) is 0 Å². The van der Waals surface area contributed by atoms with Crippen molar-refractivity contribution in [3.05, 3.63) is 289 Å². The van der Waals surface area contributed by atoms with Gasteiger partial charge in [0.2, 0.25) is 0 Å². The highest BCUT2D eigenvalue weighted by Crippen LogP contribution is 2.66. The Labute approximate surface area is 443 Å². The van der Waals surface area contributed by atoms with Gasteiger partial charge in [0.05, 0.1) is 16.8 Å². The van der Waals surface area contributed by atoms with Gasteiger partial charge in [0.1, 0.15) is 11.2 Å². The van der Waals surface area contributed by atoms with Crippen LogP contribution < -0.4 is 9.80 Å². The third kappa shape index (κ3) is 5.81. The summed E-state index contributed by atoms with van der Waals surface area (Å²) in [5, 5.41) is 11.7. The summed E-state index contributed by atoms with van der Waals surface area (Å²) in [7, 11) is 0. The van der Waals surface area contributed by atoms with E-state index in [9.17, 15) is 0 Å². The van der Waals surface area contributed by atoms with E-state index in [0.717, 1.165) is 78.0 Å². The van der Waals surface area contributed by atoms with E-state index in [4.69, 9.17) is 8.83 Å². The number of hydrogen-bond donors (Lipinski definition) is 0. The molecule has 17 rings (SSSR count). The van der Waals surface area contributed by atoms with Gasteiger partial charge in [0.25, 0.3) is 0 Å². The van der Waals surface area contributed by atoms with Crippen molar-refractivity contribution in [1.29, 1.82) is 0 Å². The number of rotatable bonds is 6. The third-order valence-electron chi connectivity index (χ3n) is 16.8. The molecule has 358 valence electrons.